The van der Waals surface area contributed by atoms with E-state index >= 15 is 0 Å². The molecular formula is C24H27NO7. The molecule has 3 rings (SSSR count). The van der Waals surface area contributed by atoms with Gasteiger partial charge in [0.15, 0.2) is 11.5 Å². The molecule has 1 aliphatic heterocycles. The number of aryl methyl sites for hydroxylation is 1. The maximum atomic E-state index is 13.1. The van der Waals surface area contributed by atoms with Crippen LogP contribution in [0.2, 0.25) is 0 Å². The maximum absolute atomic E-state index is 13.1. The number of methoxy groups -OCH3 is 4. The summed E-state index contributed by atoms with van der Waals surface area (Å²) in [4.78, 5) is 27.4. The van der Waals surface area contributed by atoms with Crippen molar-refractivity contribution >= 4 is 17.4 Å². The van der Waals surface area contributed by atoms with Gasteiger partial charge in [-0.25, -0.2) is 0 Å². The second-order valence-electron chi connectivity index (χ2n) is 7.25. The first kappa shape index (κ1) is 23.1. The summed E-state index contributed by atoms with van der Waals surface area (Å²) in [5, 5.41) is 11.2. The molecule has 1 saturated heterocycles. The highest BCUT2D eigenvalue weighted by molar-refractivity contribution is 6.46. The van der Waals surface area contributed by atoms with E-state index in [1.165, 1.54) is 26.2 Å². The van der Waals surface area contributed by atoms with Crippen LogP contribution in [0.4, 0.5) is 0 Å². The van der Waals surface area contributed by atoms with E-state index in [4.69, 9.17) is 18.9 Å². The first-order valence-corrected chi connectivity index (χ1v) is 10.0. The molecule has 8 nitrogen and oxygen atoms in total. The van der Waals surface area contributed by atoms with Gasteiger partial charge in [0.2, 0.25) is 0 Å². The zero-order valence-electron chi connectivity index (χ0n) is 18.8. The molecule has 32 heavy (non-hydrogen) atoms. The van der Waals surface area contributed by atoms with Crippen LogP contribution in [0.25, 0.3) is 5.76 Å². The Hall–Kier alpha value is -3.52. The van der Waals surface area contributed by atoms with Crippen molar-refractivity contribution < 1.29 is 33.6 Å². The van der Waals surface area contributed by atoms with Crippen molar-refractivity contribution in [3.63, 3.8) is 0 Å². The highest BCUT2D eigenvalue weighted by Gasteiger charge is 2.47. The smallest absolute Gasteiger partial charge is 0.295 e. The number of carbonyl (C=O) groups excluding carboxylic acids is 2. The summed E-state index contributed by atoms with van der Waals surface area (Å²) in [5.41, 5.74) is 1.68. The number of likely N-dealkylation sites (tertiary alicyclic amines) is 1. The number of aliphatic hydroxyl groups is 1. The summed E-state index contributed by atoms with van der Waals surface area (Å²) in [6, 6.07) is 9.37. The Kier molecular flexibility index (Phi) is 7.05. The van der Waals surface area contributed by atoms with Gasteiger partial charge in [0.05, 0.1) is 39.6 Å². The van der Waals surface area contributed by atoms with Crippen molar-refractivity contribution in [1.82, 2.24) is 4.90 Å². The van der Waals surface area contributed by atoms with Gasteiger partial charge in [-0.15, -0.1) is 0 Å². The lowest BCUT2D eigenvalue weighted by molar-refractivity contribution is -0.140. The van der Waals surface area contributed by atoms with Gasteiger partial charge < -0.3 is 29.0 Å². The molecular weight excluding hydrogens is 414 g/mol. The van der Waals surface area contributed by atoms with Gasteiger partial charge in [-0.2, -0.15) is 0 Å². The second-order valence-corrected chi connectivity index (χ2v) is 7.25. The number of benzene rings is 2. The molecule has 1 amide bonds. The first-order chi connectivity index (χ1) is 15.4. The Labute approximate surface area is 187 Å². The zero-order valence-corrected chi connectivity index (χ0v) is 18.8. The molecule has 1 aliphatic rings. The standard InChI is InChI=1S/C24H27NO7/c1-14-13-15(9-10-17(14)30-3)21(26)19-20(25(11-12-29-2)24(28)22(19)27)16-7-6-8-18(31-4)23(16)32-5/h6-10,13,20,26H,11-12H2,1-5H3/b21-19-. The molecule has 2 aromatic carbocycles. The molecule has 0 bridgehead atoms. The van der Waals surface area contributed by atoms with Crippen LogP contribution in [0.15, 0.2) is 42.0 Å². The van der Waals surface area contributed by atoms with Crippen LogP contribution in [-0.2, 0) is 14.3 Å². The number of nitrogens with zero attached hydrogens (tertiary/aromatic N) is 1. The third-order valence-corrected chi connectivity index (χ3v) is 5.47. The van der Waals surface area contributed by atoms with Gasteiger partial charge in [0.1, 0.15) is 11.5 Å². The van der Waals surface area contributed by atoms with Crippen molar-refractivity contribution in [2.75, 3.05) is 41.6 Å². The quantitative estimate of drug-likeness (QED) is 0.382. The number of ketones is 1. The predicted molar refractivity (Wildman–Crippen MR) is 118 cm³/mol. The first-order valence-electron chi connectivity index (χ1n) is 10.0. The highest BCUT2D eigenvalue weighted by atomic mass is 16.5. The summed E-state index contributed by atoms with van der Waals surface area (Å²) in [6.45, 7) is 2.21. The highest BCUT2D eigenvalue weighted by Crippen LogP contribution is 2.45. The fourth-order valence-electron chi connectivity index (χ4n) is 3.93. The summed E-state index contributed by atoms with van der Waals surface area (Å²) >= 11 is 0. The number of aliphatic hydroxyl groups excluding tert-OH is 1. The summed E-state index contributed by atoms with van der Waals surface area (Å²) in [6.07, 6.45) is 0. The van der Waals surface area contributed by atoms with Crippen LogP contribution in [-0.4, -0.2) is 63.3 Å². The largest absolute Gasteiger partial charge is 0.507 e. The average Bonchev–Trinajstić information content (AvgIpc) is 3.06. The van der Waals surface area contributed by atoms with E-state index in [0.29, 0.717) is 28.4 Å². The number of Topliss-reactive ketones (excluding diaryl/α,β-unsaturated/α-hetero) is 1. The van der Waals surface area contributed by atoms with Gasteiger partial charge in [-0.3, -0.25) is 9.59 Å². The Balaban J connectivity index is 2.25. The summed E-state index contributed by atoms with van der Waals surface area (Å²) in [5.74, 6) is -0.300. The molecule has 170 valence electrons. The summed E-state index contributed by atoms with van der Waals surface area (Å²) in [7, 11) is 6.05. The molecule has 1 atom stereocenters. The number of para-hydroxylation sites is 1. The van der Waals surface area contributed by atoms with E-state index in [0.717, 1.165) is 5.56 Å². The molecule has 0 saturated carbocycles. The topological polar surface area (TPSA) is 94.5 Å². The molecule has 1 fully saturated rings. The monoisotopic (exact) mass is 441 g/mol. The minimum absolute atomic E-state index is 0.0257. The summed E-state index contributed by atoms with van der Waals surface area (Å²) < 4.78 is 21.4. The Bertz CT molecular complexity index is 1060. The molecule has 0 spiro atoms. The van der Waals surface area contributed by atoms with Gasteiger partial charge in [0.25, 0.3) is 11.7 Å². The number of amides is 1. The SMILES string of the molecule is COCCN1C(=O)C(=O)/C(=C(\O)c2ccc(OC)c(C)c2)C1c1cccc(OC)c1OC. The van der Waals surface area contributed by atoms with Crippen molar-refractivity contribution in [2.24, 2.45) is 0 Å². The number of hydrogen-bond donors (Lipinski definition) is 1. The van der Waals surface area contributed by atoms with Gasteiger partial charge >= 0.3 is 0 Å². The number of hydrogen-bond acceptors (Lipinski definition) is 7. The zero-order chi connectivity index (χ0) is 23.4. The fourth-order valence-corrected chi connectivity index (χ4v) is 3.93. The predicted octanol–water partition coefficient (Wildman–Crippen LogP) is 3.09. The number of ether oxygens (including phenoxy) is 4. The lowest BCUT2D eigenvalue weighted by atomic mass is 9.94. The normalized spacial score (nSPS) is 17.5. The Morgan fingerprint density at radius 3 is 2.31 bits per heavy atom. The van der Waals surface area contributed by atoms with Gasteiger partial charge in [-0.05, 0) is 36.8 Å². The third-order valence-electron chi connectivity index (χ3n) is 5.47. The van der Waals surface area contributed by atoms with Crippen molar-refractivity contribution in [2.45, 2.75) is 13.0 Å². The van der Waals surface area contributed by atoms with Crippen LogP contribution in [0.1, 0.15) is 22.7 Å². The molecule has 0 radical (unpaired) electrons. The van der Waals surface area contributed by atoms with Gasteiger partial charge in [0, 0.05) is 24.8 Å². The van der Waals surface area contributed by atoms with Crippen LogP contribution >= 0.6 is 0 Å². The average molecular weight is 441 g/mol. The minimum atomic E-state index is -0.877. The fraction of sp³-hybridized carbons (Fsp3) is 0.333. The Morgan fingerprint density at radius 1 is 1.00 bits per heavy atom. The van der Waals surface area contributed by atoms with E-state index in [-0.39, 0.29) is 24.5 Å². The number of rotatable bonds is 8. The van der Waals surface area contributed by atoms with E-state index in [2.05, 4.69) is 0 Å². The molecule has 1 unspecified atom stereocenters. The maximum Gasteiger partial charge on any atom is 0.295 e. The Morgan fingerprint density at radius 2 is 1.72 bits per heavy atom. The minimum Gasteiger partial charge on any atom is -0.507 e. The molecule has 2 aromatic rings. The molecule has 1 heterocycles. The van der Waals surface area contributed by atoms with Crippen LogP contribution in [0.3, 0.4) is 0 Å². The molecule has 1 N–H and O–H groups in total. The van der Waals surface area contributed by atoms with Crippen LogP contribution in [0.5, 0.6) is 17.2 Å². The lowest BCUT2D eigenvalue weighted by Gasteiger charge is -2.27. The van der Waals surface area contributed by atoms with Crippen molar-refractivity contribution in [3.8, 4) is 17.2 Å². The van der Waals surface area contributed by atoms with E-state index < -0.39 is 17.7 Å². The molecule has 8 heteroatoms. The van der Waals surface area contributed by atoms with Crippen molar-refractivity contribution in [3.05, 3.63) is 58.7 Å². The second kappa shape index (κ2) is 9.74. The third kappa shape index (κ3) is 4.01. The molecule has 0 aliphatic carbocycles. The van der Waals surface area contributed by atoms with E-state index in [1.807, 2.05) is 6.92 Å². The number of carbonyl (C=O) groups is 2. The van der Waals surface area contributed by atoms with Crippen molar-refractivity contribution in [1.29, 1.82) is 0 Å². The van der Waals surface area contributed by atoms with Gasteiger partial charge in [-0.1, -0.05) is 12.1 Å². The lowest BCUT2D eigenvalue weighted by Crippen LogP contribution is -2.32. The van der Waals surface area contributed by atoms with Crippen LogP contribution in [0, 0.1) is 6.92 Å². The molecule has 0 aromatic heterocycles. The van der Waals surface area contributed by atoms with Crippen LogP contribution < -0.4 is 14.2 Å². The van der Waals surface area contributed by atoms with E-state index in [9.17, 15) is 14.7 Å². The van der Waals surface area contributed by atoms with E-state index in [1.54, 1.807) is 43.5 Å².